The molecule has 0 bridgehead atoms. The standard InChI is InChI=1S/C16H22ClN3O/c17-14-2-7-18-11-13(14)12-20-9-5-16(6-10-20)3-1-15(21)19-8-4-16/h2,7,11H,1,3-6,8-10,12H2,(H,19,21). The number of nitrogens with zero attached hydrogens (tertiary/aromatic N) is 2. The van der Waals surface area contributed by atoms with E-state index in [2.05, 4.69) is 15.2 Å². The number of aromatic nitrogens is 1. The summed E-state index contributed by atoms with van der Waals surface area (Å²) in [6, 6.07) is 1.85. The molecular formula is C16H22ClN3O. The molecule has 2 aliphatic heterocycles. The minimum absolute atomic E-state index is 0.219. The van der Waals surface area contributed by atoms with E-state index in [0.29, 0.717) is 11.8 Å². The molecule has 3 heterocycles. The zero-order chi connectivity index (χ0) is 14.7. The van der Waals surface area contributed by atoms with E-state index in [4.69, 9.17) is 11.6 Å². The maximum atomic E-state index is 11.5. The first kappa shape index (κ1) is 14.8. The zero-order valence-corrected chi connectivity index (χ0v) is 13.0. The van der Waals surface area contributed by atoms with E-state index in [1.807, 2.05) is 12.3 Å². The van der Waals surface area contributed by atoms with Crippen LogP contribution in [0, 0.1) is 5.41 Å². The summed E-state index contributed by atoms with van der Waals surface area (Å²) in [4.78, 5) is 18.1. The van der Waals surface area contributed by atoms with Crippen molar-refractivity contribution in [1.29, 1.82) is 0 Å². The second kappa shape index (κ2) is 6.32. The third kappa shape index (κ3) is 3.55. The fourth-order valence-electron chi connectivity index (χ4n) is 3.51. The average Bonchev–Trinajstić information content (AvgIpc) is 2.67. The molecule has 2 fully saturated rings. The van der Waals surface area contributed by atoms with E-state index < -0.39 is 0 Å². The van der Waals surface area contributed by atoms with E-state index >= 15 is 0 Å². The molecule has 3 rings (SSSR count). The summed E-state index contributed by atoms with van der Waals surface area (Å²) in [5.41, 5.74) is 1.47. The molecule has 1 spiro atoms. The van der Waals surface area contributed by atoms with Crippen LogP contribution in [0.25, 0.3) is 0 Å². The minimum Gasteiger partial charge on any atom is -0.356 e. The molecule has 0 atom stereocenters. The fraction of sp³-hybridized carbons (Fsp3) is 0.625. The highest BCUT2D eigenvalue weighted by molar-refractivity contribution is 6.31. The van der Waals surface area contributed by atoms with Crippen LogP contribution in [0.3, 0.4) is 0 Å². The van der Waals surface area contributed by atoms with Crippen molar-refractivity contribution in [1.82, 2.24) is 15.2 Å². The third-order valence-corrected chi connectivity index (χ3v) is 5.38. The number of carbonyl (C=O) groups is 1. The van der Waals surface area contributed by atoms with Crippen molar-refractivity contribution in [3.63, 3.8) is 0 Å². The molecule has 0 unspecified atom stereocenters. The number of carbonyl (C=O) groups excluding carboxylic acids is 1. The lowest BCUT2D eigenvalue weighted by molar-refractivity contribution is -0.121. The Balaban J connectivity index is 1.57. The quantitative estimate of drug-likeness (QED) is 0.913. The third-order valence-electron chi connectivity index (χ3n) is 5.01. The molecule has 2 saturated heterocycles. The SMILES string of the molecule is O=C1CCC2(CCN1)CCN(Cc1cnccc1Cl)CC2. The Bertz CT molecular complexity index is 512. The number of rotatable bonds is 2. The molecule has 0 aromatic carbocycles. The number of halogens is 1. The first-order valence-corrected chi connectivity index (χ1v) is 8.12. The molecule has 1 N–H and O–H groups in total. The molecule has 4 nitrogen and oxygen atoms in total. The predicted octanol–water partition coefficient (Wildman–Crippen LogP) is 2.62. The highest BCUT2D eigenvalue weighted by Gasteiger charge is 2.36. The Hall–Kier alpha value is -1.13. The Morgan fingerprint density at radius 3 is 2.86 bits per heavy atom. The van der Waals surface area contributed by atoms with Crippen molar-refractivity contribution in [3.8, 4) is 0 Å². The van der Waals surface area contributed by atoms with E-state index in [0.717, 1.165) is 49.6 Å². The number of amides is 1. The number of hydrogen-bond donors (Lipinski definition) is 1. The van der Waals surface area contributed by atoms with Crippen molar-refractivity contribution in [2.45, 2.75) is 38.6 Å². The van der Waals surface area contributed by atoms with Gasteiger partial charge < -0.3 is 5.32 Å². The lowest BCUT2D eigenvalue weighted by atomic mass is 9.73. The maximum absolute atomic E-state index is 11.5. The Labute approximate surface area is 130 Å². The summed E-state index contributed by atoms with van der Waals surface area (Å²) in [5, 5.41) is 3.80. The van der Waals surface area contributed by atoms with Gasteiger partial charge in [0.1, 0.15) is 0 Å². The van der Waals surface area contributed by atoms with Crippen LogP contribution >= 0.6 is 11.6 Å². The van der Waals surface area contributed by atoms with Crippen LogP contribution in [-0.2, 0) is 11.3 Å². The van der Waals surface area contributed by atoms with Crippen molar-refractivity contribution in [2.75, 3.05) is 19.6 Å². The number of pyridine rings is 1. The van der Waals surface area contributed by atoms with Gasteiger partial charge in [-0.15, -0.1) is 0 Å². The normalized spacial score (nSPS) is 22.8. The van der Waals surface area contributed by atoms with Crippen molar-refractivity contribution >= 4 is 17.5 Å². The summed E-state index contributed by atoms with van der Waals surface area (Å²) in [6.07, 6.45) is 8.81. The van der Waals surface area contributed by atoms with E-state index in [-0.39, 0.29) is 5.91 Å². The molecule has 114 valence electrons. The molecule has 1 aromatic rings. The first-order chi connectivity index (χ1) is 10.2. The molecule has 0 saturated carbocycles. The minimum atomic E-state index is 0.219. The summed E-state index contributed by atoms with van der Waals surface area (Å²) in [7, 11) is 0. The Morgan fingerprint density at radius 1 is 1.29 bits per heavy atom. The lowest BCUT2D eigenvalue weighted by Gasteiger charge is -2.41. The van der Waals surface area contributed by atoms with E-state index in [1.54, 1.807) is 6.20 Å². The summed E-state index contributed by atoms with van der Waals surface area (Å²) in [6.45, 7) is 3.88. The van der Waals surface area contributed by atoms with E-state index in [1.165, 1.54) is 12.8 Å². The number of hydrogen-bond acceptors (Lipinski definition) is 3. The average molecular weight is 308 g/mol. The Morgan fingerprint density at radius 2 is 2.10 bits per heavy atom. The van der Waals surface area contributed by atoms with Crippen LogP contribution in [0.4, 0.5) is 0 Å². The summed E-state index contributed by atoms with van der Waals surface area (Å²) in [5.74, 6) is 0.219. The molecule has 1 amide bonds. The summed E-state index contributed by atoms with van der Waals surface area (Å²) < 4.78 is 0. The van der Waals surface area contributed by atoms with Gasteiger partial charge in [0.15, 0.2) is 0 Å². The first-order valence-electron chi connectivity index (χ1n) is 7.74. The van der Waals surface area contributed by atoms with Gasteiger partial charge in [-0.05, 0) is 50.3 Å². The highest BCUT2D eigenvalue weighted by Crippen LogP contribution is 2.40. The second-order valence-electron chi connectivity index (χ2n) is 6.34. The largest absolute Gasteiger partial charge is 0.356 e. The monoisotopic (exact) mass is 307 g/mol. The maximum Gasteiger partial charge on any atom is 0.220 e. The van der Waals surface area contributed by atoms with Gasteiger partial charge in [0.2, 0.25) is 5.91 Å². The number of piperidine rings is 1. The Kier molecular flexibility index (Phi) is 4.45. The van der Waals surface area contributed by atoms with Crippen LogP contribution < -0.4 is 5.32 Å². The molecular weight excluding hydrogens is 286 g/mol. The van der Waals surface area contributed by atoms with Gasteiger partial charge in [0.25, 0.3) is 0 Å². The lowest BCUT2D eigenvalue weighted by Crippen LogP contribution is -2.40. The van der Waals surface area contributed by atoms with Crippen LogP contribution in [-0.4, -0.2) is 35.4 Å². The fourth-order valence-corrected chi connectivity index (χ4v) is 3.68. The van der Waals surface area contributed by atoms with Crippen molar-refractivity contribution in [3.05, 3.63) is 29.0 Å². The van der Waals surface area contributed by atoms with Gasteiger partial charge in [-0.25, -0.2) is 0 Å². The van der Waals surface area contributed by atoms with Gasteiger partial charge in [0.05, 0.1) is 0 Å². The van der Waals surface area contributed by atoms with Crippen molar-refractivity contribution < 1.29 is 4.79 Å². The van der Waals surface area contributed by atoms with Gasteiger partial charge >= 0.3 is 0 Å². The molecule has 2 aliphatic rings. The van der Waals surface area contributed by atoms with Crippen molar-refractivity contribution in [2.24, 2.45) is 5.41 Å². The smallest absolute Gasteiger partial charge is 0.220 e. The predicted molar refractivity (Wildman–Crippen MR) is 83.1 cm³/mol. The van der Waals surface area contributed by atoms with Gasteiger partial charge in [0, 0.05) is 42.5 Å². The summed E-state index contributed by atoms with van der Waals surface area (Å²) >= 11 is 6.21. The number of nitrogens with one attached hydrogen (secondary N) is 1. The van der Waals surface area contributed by atoms with Crippen LogP contribution in [0.2, 0.25) is 5.02 Å². The molecule has 0 radical (unpaired) electrons. The van der Waals surface area contributed by atoms with Gasteiger partial charge in [-0.2, -0.15) is 0 Å². The van der Waals surface area contributed by atoms with Gasteiger partial charge in [-0.3, -0.25) is 14.7 Å². The van der Waals surface area contributed by atoms with E-state index in [9.17, 15) is 4.79 Å². The second-order valence-corrected chi connectivity index (χ2v) is 6.75. The highest BCUT2D eigenvalue weighted by atomic mass is 35.5. The molecule has 21 heavy (non-hydrogen) atoms. The topological polar surface area (TPSA) is 45.2 Å². The zero-order valence-electron chi connectivity index (χ0n) is 12.3. The molecule has 0 aliphatic carbocycles. The van der Waals surface area contributed by atoms with Crippen LogP contribution in [0.1, 0.15) is 37.7 Å². The van der Waals surface area contributed by atoms with Gasteiger partial charge in [-0.1, -0.05) is 11.6 Å². The molecule has 5 heteroatoms. The van der Waals surface area contributed by atoms with Crippen LogP contribution in [0.5, 0.6) is 0 Å². The number of likely N-dealkylation sites (tertiary alicyclic amines) is 1. The van der Waals surface area contributed by atoms with Crippen LogP contribution in [0.15, 0.2) is 18.5 Å². The molecule has 1 aromatic heterocycles.